The number of hydrogen-bond acceptors (Lipinski definition) is 3. The lowest BCUT2D eigenvalue weighted by Gasteiger charge is -2.35. The highest BCUT2D eigenvalue weighted by Crippen LogP contribution is 2.29. The van der Waals surface area contributed by atoms with E-state index in [2.05, 4.69) is 38.3 Å². The zero-order valence-corrected chi connectivity index (χ0v) is 12.5. The molecule has 0 aliphatic carbocycles. The summed E-state index contributed by atoms with van der Waals surface area (Å²) >= 11 is 3.46. The smallest absolute Gasteiger partial charge is 0.0992 e. The monoisotopic (exact) mass is 319 g/mol. The number of halogens is 1. The molecular formula is C15H18BrN3. The lowest BCUT2D eigenvalue weighted by Crippen LogP contribution is -2.42. The van der Waals surface area contributed by atoms with Gasteiger partial charge in [-0.25, -0.2) is 0 Å². The summed E-state index contributed by atoms with van der Waals surface area (Å²) in [6.45, 7) is 2.49. The number of nitrogens with zero attached hydrogens (tertiary/aromatic N) is 2. The Kier molecular flexibility index (Phi) is 3.76. The van der Waals surface area contributed by atoms with Crippen molar-refractivity contribution in [2.24, 2.45) is 0 Å². The molecule has 4 heteroatoms. The van der Waals surface area contributed by atoms with Gasteiger partial charge in [0.1, 0.15) is 0 Å². The van der Waals surface area contributed by atoms with Crippen LogP contribution in [0.1, 0.15) is 31.2 Å². The van der Waals surface area contributed by atoms with Crippen LogP contribution < -0.4 is 5.32 Å². The molecule has 0 aromatic heterocycles. The van der Waals surface area contributed by atoms with Crippen LogP contribution in [0.5, 0.6) is 0 Å². The van der Waals surface area contributed by atoms with E-state index in [1.54, 1.807) is 0 Å². The van der Waals surface area contributed by atoms with Crippen LogP contribution in [0, 0.1) is 11.3 Å². The topological polar surface area (TPSA) is 39.1 Å². The molecule has 0 spiro atoms. The highest BCUT2D eigenvalue weighted by atomic mass is 79.9. The maximum Gasteiger partial charge on any atom is 0.0992 e. The van der Waals surface area contributed by atoms with Crippen molar-refractivity contribution in [2.75, 3.05) is 18.4 Å². The van der Waals surface area contributed by atoms with Crippen molar-refractivity contribution in [1.29, 1.82) is 5.26 Å². The summed E-state index contributed by atoms with van der Waals surface area (Å²) in [7, 11) is 0. The van der Waals surface area contributed by atoms with Gasteiger partial charge in [-0.15, -0.1) is 0 Å². The van der Waals surface area contributed by atoms with Gasteiger partial charge in [-0.2, -0.15) is 5.26 Å². The van der Waals surface area contributed by atoms with Crippen molar-refractivity contribution in [2.45, 2.75) is 37.8 Å². The fourth-order valence-electron chi connectivity index (χ4n) is 3.33. The molecule has 1 aromatic rings. The fourth-order valence-corrected chi connectivity index (χ4v) is 3.82. The summed E-state index contributed by atoms with van der Waals surface area (Å²) in [6, 6.07) is 9.36. The number of hydrogen-bond donors (Lipinski definition) is 1. The van der Waals surface area contributed by atoms with Crippen molar-refractivity contribution in [3.8, 4) is 6.07 Å². The van der Waals surface area contributed by atoms with E-state index < -0.39 is 0 Å². The summed E-state index contributed by atoms with van der Waals surface area (Å²) in [6.07, 6.45) is 5.13. The standard InChI is InChI=1S/C15H18BrN3/c16-12-6-11(10-17)7-14(8-12)18-13-3-5-19-4-1-2-15(19)9-13/h6-8,13,15,18H,1-5,9H2. The van der Waals surface area contributed by atoms with Crippen molar-refractivity contribution in [3.05, 3.63) is 28.2 Å². The number of piperidine rings is 1. The minimum Gasteiger partial charge on any atom is -0.382 e. The van der Waals surface area contributed by atoms with E-state index in [9.17, 15) is 0 Å². The van der Waals surface area contributed by atoms with Crippen LogP contribution in [0.3, 0.4) is 0 Å². The second-order valence-corrected chi connectivity index (χ2v) is 6.45. The Morgan fingerprint density at radius 3 is 3.00 bits per heavy atom. The Balaban J connectivity index is 1.68. The molecular weight excluding hydrogens is 302 g/mol. The summed E-state index contributed by atoms with van der Waals surface area (Å²) < 4.78 is 0.965. The van der Waals surface area contributed by atoms with Gasteiger partial charge in [0, 0.05) is 28.8 Å². The van der Waals surface area contributed by atoms with Gasteiger partial charge in [0.25, 0.3) is 0 Å². The first-order chi connectivity index (χ1) is 9.24. The molecule has 0 bridgehead atoms. The minimum atomic E-state index is 0.542. The van der Waals surface area contributed by atoms with Crippen molar-refractivity contribution in [3.63, 3.8) is 0 Å². The molecule has 3 rings (SSSR count). The highest BCUT2D eigenvalue weighted by molar-refractivity contribution is 9.10. The quantitative estimate of drug-likeness (QED) is 0.908. The van der Waals surface area contributed by atoms with Crippen LogP contribution in [0.4, 0.5) is 5.69 Å². The van der Waals surface area contributed by atoms with Crippen LogP contribution >= 0.6 is 15.9 Å². The second kappa shape index (κ2) is 5.52. The van der Waals surface area contributed by atoms with Crippen LogP contribution in [0.25, 0.3) is 0 Å². The third kappa shape index (κ3) is 2.93. The molecule has 0 saturated carbocycles. The number of nitrogens with one attached hydrogen (secondary N) is 1. The lowest BCUT2D eigenvalue weighted by molar-refractivity contribution is 0.188. The van der Waals surface area contributed by atoms with Gasteiger partial charge in [-0.05, 0) is 50.4 Å². The third-order valence-corrected chi connectivity index (χ3v) is 4.68. The Morgan fingerprint density at radius 1 is 1.26 bits per heavy atom. The Hall–Kier alpha value is -1.05. The highest BCUT2D eigenvalue weighted by Gasteiger charge is 2.31. The first kappa shape index (κ1) is 13.0. The number of benzene rings is 1. The number of rotatable bonds is 2. The molecule has 2 saturated heterocycles. The van der Waals surface area contributed by atoms with Crippen molar-refractivity contribution >= 4 is 21.6 Å². The molecule has 100 valence electrons. The van der Waals surface area contributed by atoms with Gasteiger partial charge in [-0.1, -0.05) is 15.9 Å². The van der Waals surface area contributed by atoms with Gasteiger partial charge in [0.05, 0.1) is 11.6 Å². The first-order valence-electron chi connectivity index (χ1n) is 6.96. The van der Waals surface area contributed by atoms with Crippen molar-refractivity contribution < 1.29 is 0 Å². The number of nitriles is 1. The van der Waals surface area contributed by atoms with Gasteiger partial charge in [-0.3, -0.25) is 0 Å². The molecule has 2 fully saturated rings. The van der Waals surface area contributed by atoms with Gasteiger partial charge in [0.2, 0.25) is 0 Å². The normalized spacial score (nSPS) is 26.7. The molecule has 2 aliphatic heterocycles. The molecule has 0 radical (unpaired) electrons. The van der Waals surface area contributed by atoms with Gasteiger partial charge < -0.3 is 10.2 Å². The van der Waals surface area contributed by atoms with Crippen LogP contribution in [0.2, 0.25) is 0 Å². The van der Waals surface area contributed by atoms with E-state index in [1.165, 1.54) is 38.8 Å². The Bertz CT molecular complexity index is 509. The Labute approximate surface area is 122 Å². The van der Waals surface area contributed by atoms with Crippen LogP contribution in [0.15, 0.2) is 22.7 Å². The van der Waals surface area contributed by atoms with Crippen LogP contribution in [-0.4, -0.2) is 30.1 Å². The predicted octanol–water partition coefficient (Wildman–Crippen LogP) is 3.36. The molecule has 2 aliphatic rings. The summed E-state index contributed by atoms with van der Waals surface area (Å²) in [5.74, 6) is 0. The predicted molar refractivity (Wildman–Crippen MR) is 80.1 cm³/mol. The SMILES string of the molecule is N#Cc1cc(Br)cc(NC2CCN3CCCC3C2)c1. The Morgan fingerprint density at radius 2 is 2.16 bits per heavy atom. The summed E-state index contributed by atoms with van der Waals surface area (Å²) in [4.78, 5) is 2.62. The molecule has 19 heavy (non-hydrogen) atoms. The van der Waals surface area contributed by atoms with E-state index >= 15 is 0 Å². The lowest BCUT2D eigenvalue weighted by atomic mass is 9.97. The minimum absolute atomic E-state index is 0.542. The van der Waals surface area contributed by atoms with E-state index in [1.807, 2.05) is 12.1 Å². The van der Waals surface area contributed by atoms with E-state index in [0.717, 1.165) is 16.2 Å². The maximum atomic E-state index is 9.01. The largest absolute Gasteiger partial charge is 0.382 e. The van der Waals surface area contributed by atoms with E-state index in [0.29, 0.717) is 11.6 Å². The molecule has 0 amide bonds. The average molecular weight is 320 g/mol. The molecule has 2 unspecified atom stereocenters. The summed E-state index contributed by atoms with van der Waals surface area (Å²) in [5.41, 5.74) is 1.76. The zero-order chi connectivity index (χ0) is 13.2. The van der Waals surface area contributed by atoms with Crippen molar-refractivity contribution in [1.82, 2.24) is 4.90 Å². The average Bonchev–Trinajstić information content (AvgIpc) is 2.85. The van der Waals surface area contributed by atoms with Gasteiger partial charge >= 0.3 is 0 Å². The van der Waals surface area contributed by atoms with Crippen LogP contribution in [-0.2, 0) is 0 Å². The zero-order valence-electron chi connectivity index (χ0n) is 10.9. The van der Waals surface area contributed by atoms with Gasteiger partial charge in [0.15, 0.2) is 0 Å². The van der Waals surface area contributed by atoms with E-state index in [-0.39, 0.29) is 0 Å². The molecule has 1 aromatic carbocycles. The first-order valence-corrected chi connectivity index (χ1v) is 7.75. The van der Waals surface area contributed by atoms with E-state index in [4.69, 9.17) is 5.26 Å². The fraction of sp³-hybridized carbons (Fsp3) is 0.533. The second-order valence-electron chi connectivity index (χ2n) is 5.54. The molecule has 2 heterocycles. The molecule has 1 N–H and O–H groups in total. The number of fused-ring (bicyclic) bond motifs is 1. The number of anilines is 1. The third-order valence-electron chi connectivity index (χ3n) is 4.22. The summed E-state index contributed by atoms with van der Waals surface area (Å²) in [5, 5.41) is 12.6. The molecule has 2 atom stereocenters. The maximum absolute atomic E-state index is 9.01. The molecule has 3 nitrogen and oxygen atoms in total.